The van der Waals surface area contributed by atoms with E-state index >= 15 is 0 Å². The fraction of sp³-hybridized carbons (Fsp3) is 0.625. The minimum absolute atomic E-state index is 0.0596. The molecule has 1 N–H and O–H groups in total. The van der Waals surface area contributed by atoms with Gasteiger partial charge in [-0.15, -0.1) is 0 Å². The van der Waals surface area contributed by atoms with Crippen LogP contribution in [0, 0.1) is 5.82 Å². The van der Waals surface area contributed by atoms with Gasteiger partial charge in [0.2, 0.25) is 0 Å². The third-order valence-electron chi connectivity index (χ3n) is 4.33. The number of benzene rings is 1. The number of hydrogen-bond acceptors (Lipinski definition) is 3. The summed E-state index contributed by atoms with van der Waals surface area (Å²) >= 11 is 0. The zero-order chi connectivity index (χ0) is 14.0. The molecule has 1 aromatic carbocycles. The van der Waals surface area contributed by atoms with Crippen molar-refractivity contribution in [2.24, 2.45) is 0 Å². The summed E-state index contributed by atoms with van der Waals surface area (Å²) in [7, 11) is 1.85. The van der Waals surface area contributed by atoms with Gasteiger partial charge in [-0.3, -0.25) is 0 Å². The normalized spacial score (nSPS) is 24.4. The molecule has 1 unspecified atom stereocenters. The molecular weight excluding hydrogens is 257 g/mol. The lowest BCUT2D eigenvalue weighted by Crippen LogP contribution is -2.48. The van der Waals surface area contributed by atoms with Gasteiger partial charge in [-0.05, 0) is 44.0 Å². The molecular formula is C16H22FNO2. The second-order valence-corrected chi connectivity index (χ2v) is 5.94. The van der Waals surface area contributed by atoms with E-state index in [9.17, 15) is 4.39 Å². The van der Waals surface area contributed by atoms with E-state index in [-0.39, 0.29) is 17.5 Å². The van der Waals surface area contributed by atoms with Gasteiger partial charge in [-0.2, -0.15) is 0 Å². The summed E-state index contributed by atoms with van der Waals surface area (Å²) < 4.78 is 25.5. The zero-order valence-electron chi connectivity index (χ0n) is 12.0. The van der Waals surface area contributed by atoms with Crippen LogP contribution < -0.4 is 10.1 Å². The molecule has 110 valence electrons. The van der Waals surface area contributed by atoms with Crippen LogP contribution in [0.5, 0.6) is 5.75 Å². The molecule has 1 atom stereocenters. The van der Waals surface area contributed by atoms with Crippen LogP contribution in [0.2, 0.25) is 0 Å². The van der Waals surface area contributed by atoms with Crippen molar-refractivity contribution in [3.63, 3.8) is 0 Å². The maximum atomic E-state index is 13.6. The van der Waals surface area contributed by atoms with Gasteiger partial charge in [0.1, 0.15) is 17.7 Å². The van der Waals surface area contributed by atoms with Crippen LogP contribution >= 0.6 is 0 Å². The van der Waals surface area contributed by atoms with Crippen molar-refractivity contribution >= 4 is 0 Å². The summed E-state index contributed by atoms with van der Waals surface area (Å²) in [6.45, 7) is 1.40. The Morgan fingerprint density at radius 1 is 1.40 bits per heavy atom. The largest absolute Gasteiger partial charge is 0.490 e. The van der Waals surface area contributed by atoms with Crippen molar-refractivity contribution < 1.29 is 13.9 Å². The molecule has 2 aliphatic rings. The van der Waals surface area contributed by atoms with Gasteiger partial charge in [-0.25, -0.2) is 4.39 Å². The molecule has 0 aromatic heterocycles. The topological polar surface area (TPSA) is 30.5 Å². The van der Waals surface area contributed by atoms with Gasteiger partial charge >= 0.3 is 0 Å². The lowest BCUT2D eigenvalue weighted by molar-refractivity contribution is -0.153. The summed E-state index contributed by atoms with van der Waals surface area (Å²) in [4.78, 5) is 0. The maximum absolute atomic E-state index is 13.6. The summed E-state index contributed by atoms with van der Waals surface area (Å²) in [6.07, 6.45) is 5.50. The molecule has 0 amide bonds. The van der Waals surface area contributed by atoms with E-state index in [2.05, 4.69) is 5.32 Å². The molecule has 1 saturated carbocycles. The van der Waals surface area contributed by atoms with E-state index in [0.717, 1.165) is 37.9 Å². The van der Waals surface area contributed by atoms with Crippen LogP contribution in [-0.2, 0) is 11.3 Å². The predicted octanol–water partition coefficient (Wildman–Crippen LogP) is 3.03. The average molecular weight is 279 g/mol. The summed E-state index contributed by atoms with van der Waals surface area (Å²) in [5.41, 5.74) is 0.970. The second-order valence-electron chi connectivity index (χ2n) is 5.94. The highest BCUT2D eigenvalue weighted by Gasteiger charge is 2.43. The van der Waals surface area contributed by atoms with Crippen molar-refractivity contribution in [1.82, 2.24) is 5.32 Å². The molecule has 1 aliphatic heterocycles. The summed E-state index contributed by atoms with van der Waals surface area (Å²) in [5, 5.41) is 3.03. The molecule has 2 fully saturated rings. The highest BCUT2D eigenvalue weighted by Crippen LogP contribution is 2.43. The van der Waals surface area contributed by atoms with Gasteiger partial charge in [0.05, 0.1) is 12.2 Å². The van der Waals surface area contributed by atoms with Gasteiger partial charge in [0, 0.05) is 25.5 Å². The van der Waals surface area contributed by atoms with Crippen molar-refractivity contribution in [2.45, 2.75) is 50.4 Å². The van der Waals surface area contributed by atoms with Gasteiger partial charge in [0.25, 0.3) is 0 Å². The molecule has 4 heteroatoms. The number of hydrogen-bond donors (Lipinski definition) is 1. The molecule has 0 radical (unpaired) electrons. The minimum Gasteiger partial charge on any atom is -0.490 e. The Hall–Kier alpha value is -1.13. The van der Waals surface area contributed by atoms with Crippen LogP contribution in [0.25, 0.3) is 0 Å². The lowest BCUT2D eigenvalue weighted by Gasteiger charge is -2.46. The molecule has 3 rings (SSSR count). The Kier molecular flexibility index (Phi) is 3.94. The second kappa shape index (κ2) is 5.70. The number of halogens is 1. The van der Waals surface area contributed by atoms with Crippen molar-refractivity contribution in [1.29, 1.82) is 0 Å². The molecule has 1 saturated heterocycles. The molecule has 1 spiro atoms. The Morgan fingerprint density at radius 2 is 2.25 bits per heavy atom. The van der Waals surface area contributed by atoms with Crippen LogP contribution in [0.4, 0.5) is 4.39 Å². The zero-order valence-corrected chi connectivity index (χ0v) is 12.0. The van der Waals surface area contributed by atoms with E-state index in [0.29, 0.717) is 12.3 Å². The van der Waals surface area contributed by atoms with Crippen LogP contribution in [0.15, 0.2) is 18.2 Å². The molecule has 1 heterocycles. The monoisotopic (exact) mass is 279 g/mol. The van der Waals surface area contributed by atoms with Gasteiger partial charge in [0.15, 0.2) is 0 Å². The Morgan fingerprint density at radius 3 is 2.95 bits per heavy atom. The lowest BCUT2D eigenvalue weighted by atomic mass is 9.74. The van der Waals surface area contributed by atoms with E-state index in [1.807, 2.05) is 13.1 Å². The maximum Gasteiger partial charge on any atom is 0.127 e. The first kappa shape index (κ1) is 13.8. The Balaban J connectivity index is 1.67. The van der Waals surface area contributed by atoms with Gasteiger partial charge in [-0.1, -0.05) is 0 Å². The highest BCUT2D eigenvalue weighted by atomic mass is 19.1. The quantitative estimate of drug-likeness (QED) is 0.919. The number of nitrogens with one attached hydrogen (secondary N) is 1. The minimum atomic E-state index is -0.238. The first-order valence-electron chi connectivity index (χ1n) is 7.44. The molecule has 0 bridgehead atoms. The fourth-order valence-electron chi connectivity index (χ4n) is 3.19. The Bertz CT molecular complexity index is 474. The predicted molar refractivity (Wildman–Crippen MR) is 75.3 cm³/mol. The standard InChI is InChI=1S/C16H22FNO2/c1-18-11-12-7-13(17)9-15(8-12)20-14-3-6-19-16(10-14)4-2-5-16/h7-9,14,18H,2-6,10-11H2,1H3. The summed E-state index contributed by atoms with van der Waals surface area (Å²) in [5.74, 6) is 0.398. The van der Waals surface area contributed by atoms with Crippen LogP contribution in [-0.4, -0.2) is 25.4 Å². The first-order valence-corrected chi connectivity index (χ1v) is 7.44. The van der Waals surface area contributed by atoms with Gasteiger partial charge < -0.3 is 14.8 Å². The number of rotatable bonds is 4. The van der Waals surface area contributed by atoms with E-state index < -0.39 is 0 Å². The fourth-order valence-corrected chi connectivity index (χ4v) is 3.19. The van der Waals surface area contributed by atoms with E-state index in [4.69, 9.17) is 9.47 Å². The van der Waals surface area contributed by atoms with E-state index in [1.54, 1.807) is 6.07 Å². The van der Waals surface area contributed by atoms with Crippen LogP contribution in [0.1, 0.15) is 37.7 Å². The Labute approximate surface area is 119 Å². The number of ether oxygens (including phenoxy) is 2. The van der Waals surface area contributed by atoms with Crippen molar-refractivity contribution in [3.8, 4) is 5.75 Å². The molecule has 1 aromatic rings. The van der Waals surface area contributed by atoms with Crippen molar-refractivity contribution in [3.05, 3.63) is 29.6 Å². The first-order chi connectivity index (χ1) is 9.69. The SMILES string of the molecule is CNCc1cc(F)cc(OC2CCOC3(CCC3)C2)c1. The molecule has 20 heavy (non-hydrogen) atoms. The molecule has 1 aliphatic carbocycles. The smallest absolute Gasteiger partial charge is 0.127 e. The van der Waals surface area contributed by atoms with Crippen molar-refractivity contribution in [2.75, 3.05) is 13.7 Å². The third kappa shape index (κ3) is 2.96. The average Bonchev–Trinajstić information content (AvgIpc) is 2.37. The molecule has 3 nitrogen and oxygen atoms in total. The summed E-state index contributed by atoms with van der Waals surface area (Å²) in [6, 6.07) is 4.94. The van der Waals surface area contributed by atoms with Crippen LogP contribution in [0.3, 0.4) is 0 Å². The third-order valence-corrected chi connectivity index (χ3v) is 4.33. The highest BCUT2D eigenvalue weighted by molar-refractivity contribution is 5.30. The van der Waals surface area contributed by atoms with E-state index in [1.165, 1.54) is 12.5 Å².